The zero-order valence-corrected chi connectivity index (χ0v) is 33.9. The predicted molar refractivity (Wildman–Crippen MR) is 224 cm³/mol. The van der Waals surface area contributed by atoms with Crippen LogP contribution in [-0.2, 0) is 42.2 Å². The summed E-state index contributed by atoms with van der Waals surface area (Å²) < 4.78 is 23.5. The Kier molecular flexibility index (Phi) is 13.5. The molecule has 57 heavy (non-hydrogen) atoms. The minimum atomic E-state index is 0.566. The van der Waals surface area contributed by atoms with E-state index in [-0.39, 0.29) is 0 Å². The van der Waals surface area contributed by atoms with Crippen molar-refractivity contribution >= 4 is 21.8 Å². The van der Waals surface area contributed by atoms with Crippen LogP contribution in [0.15, 0.2) is 73.3 Å². The summed E-state index contributed by atoms with van der Waals surface area (Å²) >= 11 is 0. The number of hydrogen-bond acceptors (Lipinski definition) is 11. The standard InChI is InChI=1S/C22H24N4O2.C22H29N3O2.C2H6/c1-3-17(12-23-5-1)13-26-15-19-11-18(14-25-7-9-27-10-8-25)20-4-2-6-24-21(20)22(19)28-16-26;1-2-5-19(6-3-1)25-15-18-13-17(14-24-9-11-26-12-10-24)20-7-4-8-23-21(20)22(18)27-16-25;1-2/h1-6,11-12H,7-10,13-16H2;4,7-8,13,19H,1-3,5-6,9-12,14-16H2;1-2H3. The van der Waals surface area contributed by atoms with Gasteiger partial charge >= 0.3 is 0 Å². The van der Waals surface area contributed by atoms with E-state index in [1.807, 2.05) is 50.6 Å². The fraction of sp³-hybridized carbons (Fsp3) is 0.500. The Balaban J connectivity index is 0.000000153. The maximum Gasteiger partial charge on any atom is 0.152 e. The minimum absolute atomic E-state index is 0.566. The average molecular weight is 774 g/mol. The first-order valence-corrected chi connectivity index (χ1v) is 21.3. The van der Waals surface area contributed by atoms with Gasteiger partial charge in [0.15, 0.2) is 11.5 Å². The van der Waals surface area contributed by atoms with E-state index in [2.05, 4.69) is 59.9 Å². The van der Waals surface area contributed by atoms with Crippen molar-refractivity contribution in [2.45, 2.75) is 84.7 Å². The molecule has 11 heteroatoms. The molecule has 10 rings (SSSR count). The summed E-state index contributed by atoms with van der Waals surface area (Å²) in [6, 6.07) is 17.8. The van der Waals surface area contributed by atoms with E-state index in [4.69, 9.17) is 23.9 Å². The molecule has 0 unspecified atom stereocenters. The highest BCUT2D eigenvalue weighted by Crippen LogP contribution is 2.38. The number of ether oxygens (including phenoxy) is 4. The Labute approximate surface area is 337 Å². The Hall–Kier alpha value is -4.23. The second kappa shape index (κ2) is 19.5. The molecule has 2 saturated heterocycles. The topological polar surface area (TPSA) is 88.5 Å². The van der Waals surface area contributed by atoms with Gasteiger partial charge in [-0.05, 0) is 59.9 Å². The zero-order chi connectivity index (χ0) is 38.8. The molecule has 0 N–H and O–H groups in total. The average Bonchev–Trinajstić information content (AvgIpc) is 3.28. The summed E-state index contributed by atoms with van der Waals surface area (Å²) in [5, 5.41) is 2.42. The van der Waals surface area contributed by atoms with Crippen LogP contribution in [0.4, 0.5) is 0 Å². The second-order valence-electron chi connectivity index (χ2n) is 15.6. The molecule has 0 spiro atoms. The fourth-order valence-electron chi connectivity index (χ4n) is 8.91. The summed E-state index contributed by atoms with van der Waals surface area (Å²) in [6.07, 6.45) is 14.2. The Bertz CT molecular complexity index is 2050. The summed E-state index contributed by atoms with van der Waals surface area (Å²) in [6.45, 7) is 17.1. The van der Waals surface area contributed by atoms with Gasteiger partial charge in [-0.15, -0.1) is 0 Å². The zero-order valence-electron chi connectivity index (χ0n) is 33.9. The van der Waals surface area contributed by atoms with E-state index in [0.717, 1.165) is 108 Å². The van der Waals surface area contributed by atoms with Gasteiger partial charge in [-0.3, -0.25) is 34.6 Å². The second-order valence-corrected chi connectivity index (χ2v) is 15.6. The van der Waals surface area contributed by atoms with Crippen molar-refractivity contribution in [3.05, 3.63) is 101 Å². The number of fused-ring (bicyclic) bond motifs is 6. The van der Waals surface area contributed by atoms with Crippen LogP contribution >= 0.6 is 0 Å². The van der Waals surface area contributed by atoms with Gasteiger partial charge in [0.25, 0.3) is 0 Å². The van der Waals surface area contributed by atoms with Crippen LogP contribution in [0.3, 0.4) is 0 Å². The van der Waals surface area contributed by atoms with E-state index < -0.39 is 0 Å². The lowest BCUT2D eigenvalue weighted by molar-refractivity contribution is 0.0338. The summed E-state index contributed by atoms with van der Waals surface area (Å²) in [5.41, 5.74) is 8.40. The molecule has 0 bridgehead atoms. The van der Waals surface area contributed by atoms with Crippen molar-refractivity contribution in [1.82, 2.24) is 34.6 Å². The molecular formula is C46H59N7O4. The monoisotopic (exact) mass is 773 g/mol. The Morgan fingerprint density at radius 1 is 0.614 bits per heavy atom. The van der Waals surface area contributed by atoms with Crippen molar-refractivity contribution in [2.75, 3.05) is 66.1 Å². The number of hydrogen-bond donors (Lipinski definition) is 0. The van der Waals surface area contributed by atoms with E-state index in [1.54, 1.807) is 6.20 Å². The van der Waals surface area contributed by atoms with Crippen LogP contribution in [-0.4, -0.2) is 107 Å². The smallest absolute Gasteiger partial charge is 0.152 e. The van der Waals surface area contributed by atoms with Gasteiger partial charge in [0, 0.05) is 112 Å². The molecule has 0 radical (unpaired) electrons. The van der Waals surface area contributed by atoms with Gasteiger partial charge in [0.2, 0.25) is 0 Å². The van der Waals surface area contributed by atoms with Gasteiger partial charge in [0.05, 0.1) is 26.4 Å². The summed E-state index contributed by atoms with van der Waals surface area (Å²) in [4.78, 5) is 23.4. The predicted octanol–water partition coefficient (Wildman–Crippen LogP) is 7.39. The first-order valence-electron chi connectivity index (χ1n) is 21.3. The van der Waals surface area contributed by atoms with Crippen LogP contribution in [0, 0.1) is 0 Å². The number of benzene rings is 2. The van der Waals surface area contributed by atoms with Gasteiger partial charge in [-0.1, -0.05) is 51.3 Å². The van der Waals surface area contributed by atoms with Crippen molar-refractivity contribution in [2.24, 2.45) is 0 Å². The number of nitrogens with zero attached hydrogens (tertiary/aromatic N) is 7. The van der Waals surface area contributed by atoms with Crippen LogP contribution < -0.4 is 9.47 Å². The molecule has 7 heterocycles. The summed E-state index contributed by atoms with van der Waals surface area (Å²) in [7, 11) is 0. The third kappa shape index (κ3) is 9.57. The minimum Gasteiger partial charge on any atom is -0.475 e. The maximum absolute atomic E-state index is 6.28. The molecule has 302 valence electrons. The van der Waals surface area contributed by atoms with E-state index in [0.29, 0.717) is 19.5 Å². The highest BCUT2D eigenvalue weighted by atomic mass is 16.5. The lowest BCUT2D eigenvalue weighted by atomic mass is 9.93. The molecule has 0 atom stereocenters. The van der Waals surface area contributed by atoms with Gasteiger partial charge in [-0.25, -0.2) is 0 Å². The largest absolute Gasteiger partial charge is 0.475 e. The molecule has 1 aliphatic carbocycles. The van der Waals surface area contributed by atoms with Gasteiger partial charge < -0.3 is 18.9 Å². The molecule has 5 aromatic rings. The number of morpholine rings is 2. The first kappa shape index (κ1) is 39.6. The molecule has 0 amide bonds. The van der Waals surface area contributed by atoms with Gasteiger partial charge in [0.1, 0.15) is 24.5 Å². The third-order valence-corrected chi connectivity index (χ3v) is 11.8. The van der Waals surface area contributed by atoms with Crippen molar-refractivity contribution in [3.8, 4) is 11.5 Å². The highest BCUT2D eigenvalue weighted by Gasteiger charge is 2.29. The van der Waals surface area contributed by atoms with E-state index >= 15 is 0 Å². The first-order chi connectivity index (χ1) is 28.2. The fourth-order valence-corrected chi connectivity index (χ4v) is 8.91. The lowest BCUT2D eigenvalue weighted by Gasteiger charge is -2.38. The maximum atomic E-state index is 6.28. The lowest BCUT2D eigenvalue weighted by Crippen LogP contribution is -2.41. The molecular weight excluding hydrogens is 715 g/mol. The van der Waals surface area contributed by atoms with Gasteiger partial charge in [-0.2, -0.15) is 0 Å². The molecule has 4 aliphatic heterocycles. The van der Waals surface area contributed by atoms with Crippen LogP contribution in [0.25, 0.3) is 21.8 Å². The number of rotatable bonds is 7. The van der Waals surface area contributed by atoms with Crippen molar-refractivity contribution in [1.29, 1.82) is 0 Å². The van der Waals surface area contributed by atoms with E-state index in [1.165, 1.54) is 70.7 Å². The normalized spacial score (nSPS) is 19.6. The van der Waals surface area contributed by atoms with E-state index in [9.17, 15) is 0 Å². The quantitative estimate of drug-likeness (QED) is 0.166. The third-order valence-electron chi connectivity index (χ3n) is 11.8. The van der Waals surface area contributed by atoms with Crippen molar-refractivity contribution in [3.63, 3.8) is 0 Å². The molecule has 3 fully saturated rings. The molecule has 1 saturated carbocycles. The highest BCUT2D eigenvalue weighted by molar-refractivity contribution is 5.90. The Morgan fingerprint density at radius 3 is 1.75 bits per heavy atom. The van der Waals surface area contributed by atoms with Crippen LogP contribution in [0.2, 0.25) is 0 Å². The van der Waals surface area contributed by atoms with Crippen LogP contribution in [0.5, 0.6) is 11.5 Å². The van der Waals surface area contributed by atoms with Crippen LogP contribution in [0.1, 0.15) is 73.8 Å². The molecule has 11 nitrogen and oxygen atoms in total. The molecule has 5 aliphatic rings. The Morgan fingerprint density at radius 2 is 1.18 bits per heavy atom. The number of pyridine rings is 3. The SMILES string of the molecule is CC.c1cnc2c3c(cc(CN4CCOCC4)c2c1)CN(C1CCCCC1)CO3.c1cncc(CN2COc3c(cc(CN4CCOCC4)c4cccnc34)C2)c1. The van der Waals surface area contributed by atoms with Crippen molar-refractivity contribution < 1.29 is 18.9 Å². The molecule has 2 aromatic carbocycles. The number of aromatic nitrogens is 3. The summed E-state index contributed by atoms with van der Waals surface area (Å²) in [5.74, 6) is 1.94. The molecule has 3 aromatic heterocycles.